The van der Waals surface area contributed by atoms with Gasteiger partial charge in [0.05, 0.1) is 6.61 Å². The highest BCUT2D eigenvalue weighted by Crippen LogP contribution is 2.19. The minimum absolute atomic E-state index is 0.0610. The molecule has 132 valence electrons. The van der Waals surface area contributed by atoms with Gasteiger partial charge < -0.3 is 20.3 Å². The first-order chi connectivity index (χ1) is 12.2. The number of piperazine rings is 1. The summed E-state index contributed by atoms with van der Waals surface area (Å²) < 4.78 is 4.96. The Morgan fingerprint density at radius 2 is 1.92 bits per heavy atom. The van der Waals surface area contributed by atoms with Crippen LogP contribution < -0.4 is 10.6 Å². The average molecular weight is 341 g/mol. The number of carbonyl (C=O) groups excluding carboxylic acids is 1. The van der Waals surface area contributed by atoms with E-state index in [1.165, 1.54) is 0 Å². The molecule has 0 radical (unpaired) electrons. The molecule has 25 heavy (non-hydrogen) atoms. The second kappa shape index (κ2) is 8.04. The molecule has 0 spiro atoms. The van der Waals surface area contributed by atoms with Gasteiger partial charge in [0.25, 0.3) is 0 Å². The van der Waals surface area contributed by atoms with E-state index in [2.05, 4.69) is 14.9 Å². The molecule has 2 heterocycles. The van der Waals surface area contributed by atoms with Crippen LogP contribution in [0, 0.1) is 0 Å². The van der Waals surface area contributed by atoms with E-state index >= 15 is 0 Å². The van der Waals surface area contributed by atoms with Crippen molar-refractivity contribution in [3.63, 3.8) is 0 Å². The van der Waals surface area contributed by atoms with Gasteiger partial charge in [0.1, 0.15) is 11.9 Å². The van der Waals surface area contributed by atoms with E-state index in [4.69, 9.17) is 10.5 Å². The Hall–Kier alpha value is -2.51. The molecule has 1 amide bonds. The lowest BCUT2D eigenvalue weighted by atomic mass is 10.2. The van der Waals surface area contributed by atoms with E-state index in [1.54, 1.807) is 18.2 Å². The van der Waals surface area contributed by atoms with Gasteiger partial charge in [-0.3, -0.25) is 4.79 Å². The summed E-state index contributed by atoms with van der Waals surface area (Å²) >= 11 is 0. The third-order valence-electron chi connectivity index (χ3n) is 4.25. The smallest absolute Gasteiger partial charge is 0.241 e. The van der Waals surface area contributed by atoms with Crippen LogP contribution in [0.3, 0.4) is 0 Å². The van der Waals surface area contributed by atoms with Gasteiger partial charge in [-0.1, -0.05) is 30.3 Å². The maximum absolute atomic E-state index is 12.2. The predicted molar refractivity (Wildman–Crippen MR) is 96.1 cm³/mol. The second-order valence-electron chi connectivity index (χ2n) is 5.98. The molecular weight excluding hydrogens is 318 g/mol. The lowest BCUT2D eigenvalue weighted by Gasteiger charge is -2.36. The molecule has 1 aromatic heterocycles. The summed E-state index contributed by atoms with van der Waals surface area (Å²) in [7, 11) is 1.55. The average Bonchev–Trinajstić information content (AvgIpc) is 2.68. The van der Waals surface area contributed by atoms with Crippen LogP contribution in [0.5, 0.6) is 0 Å². The van der Waals surface area contributed by atoms with E-state index < -0.39 is 6.04 Å². The molecule has 1 aliphatic rings. The highest BCUT2D eigenvalue weighted by Gasteiger charge is 2.25. The molecule has 0 aliphatic carbocycles. The van der Waals surface area contributed by atoms with Crippen LogP contribution in [0.1, 0.15) is 0 Å². The van der Waals surface area contributed by atoms with Crippen molar-refractivity contribution in [2.45, 2.75) is 6.04 Å². The van der Waals surface area contributed by atoms with Crippen LogP contribution in [-0.4, -0.2) is 66.7 Å². The summed E-state index contributed by atoms with van der Waals surface area (Å²) in [6, 6.07) is 11.2. The van der Waals surface area contributed by atoms with Gasteiger partial charge in [-0.2, -0.15) is 0 Å². The summed E-state index contributed by atoms with van der Waals surface area (Å²) in [4.78, 5) is 25.2. The number of amides is 1. The van der Waals surface area contributed by atoms with E-state index in [0.717, 1.165) is 24.5 Å². The van der Waals surface area contributed by atoms with Crippen molar-refractivity contribution in [2.24, 2.45) is 5.73 Å². The van der Waals surface area contributed by atoms with Crippen molar-refractivity contribution < 1.29 is 9.53 Å². The molecule has 3 rings (SSSR count). The molecular formula is C18H23N5O2. The minimum atomic E-state index is -0.597. The van der Waals surface area contributed by atoms with Gasteiger partial charge in [-0.15, -0.1) is 0 Å². The van der Waals surface area contributed by atoms with Crippen LogP contribution in [0.25, 0.3) is 11.4 Å². The molecule has 1 unspecified atom stereocenters. The highest BCUT2D eigenvalue weighted by molar-refractivity contribution is 5.82. The van der Waals surface area contributed by atoms with E-state index in [-0.39, 0.29) is 12.5 Å². The first-order valence-electron chi connectivity index (χ1n) is 8.36. The molecule has 1 saturated heterocycles. The molecule has 0 bridgehead atoms. The Kier molecular flexibility index (Phi) is 5.57. The standard InChI is InChI=1S/C18H23N5O2/c1-25-13-15(19)18(24)23-11-9-22(10-12-23)16-7-8-20-17(21-16)14-5-3-2-4-6-14/h2-8,15H,9-13,19H2,1H3. The quantitative estimate of drug-likeness (QED) is 0.865. The first-order valence-corrected chi connectivity index (χ1v) is 8.36. The molecule has 7 nitrogen and oxygen atoms in total. The fraction of sp³-hybridized carbons (Fsp3) is 0.389. The third kappa shape index (κ3) is 4.12. The lowest BCUT2D eigenvalue weighted by Crippen LogP contribution is -2.54. The van der Waals surface area contributed by atoms with Crippen molar-refractivity contribution in [1.29, 1.82) is 0 Å². The number of hydrogen-bond donors (Lipinski definition) is 1. The van der Waals surface area contributed by atoms with Gasteiger partial charge in [0.2, 0.25) is 5.91 Å². The number of nitrogens with zero attached hydrogens (tertiary/aromatic N) is 4. The fourth-order valence-corrected chi connectivity index (χ4v) is 2.89. The molecule has 0 saturated carbocycles. The molecule has 7 heteroatoms. The maximum Gasteiger partial charge on any atom is 0.241 e. The number of aromatic nitrogens is 2. The number of methoxy groups -OCH3 is 1. The second-order valence-corrected chi connectivity index (χ2v) is 5.98. The number of nitrogens with two attached hydrogens (primary N) is 1. The van der Waals surface area contributed by atoms with Gasteiger partial charge in [-0.05, 0) is 6.07 Å². The molecule has 1 atom stereocenters. The predicted octanol–water partition coefficient (Wildman–Crippen LogP) is 0.766. The van der Waals surface area contributed by atoms with Crippen molar-refractivity contribution in [3.05, 3.63) is 42.6 Å². The number of carbonyl (C=O) groups is 1. The van der Waals surface area contributed by atoms with Crippen molar-refractivity contribution >= 4 is 11.7 Å². The number of ether oxygens (including phenoxy) is 1. The Bertz CT molecular complexity index is 702. The lowest BCUT2D eigenvalue weighted by molar-refractivity contribution is -0.134. The summed E-state index contributed by atoms with van der Waals surface area (Å²) in [6.07, 6.45) is 1.77. The van der Waals surface area contributed by atoms with E-state index in [1.807, 2.05) is 36.4 Å². The number of hydrogen-bond acceptors (Lipinski definition) is 6. The van der Waals surface area contributed by atoms with Gasteiger partial charge in [-0.25, -0.2) is 9.97 Å². The van der Waals surface area contributed by atoms with Crippen molar-refractivity contribution in [2.75, 3.05) is 44.8 Å². The fourth-order valence-electron chi connectivity index (χ4n) is 2.89. The molecule has 1 aliphatic heterocycles. The highest BCUT2D eigenvalue weighted by atomic mass is 16.5. The Morgan fingerprint density at radius 3 is 2.60 bits per heavy atom. The topological polar surface area (TPSA) is 84.6 Å². The van der Waals surface area contributed by atoms with Crippen LogP contribution >= 0.6 is 0 Å². The van der Waals surface area contributed by atoms with Crippen LogP contribution in [0.2, 0.25) is 0 Å². The van der Waals surface area contributed by atoms with E-state index in [0.29, 0.717) is 18.9 Å². The summed E-state index contributed by atoms with van der Waals surface area (Å²) in [5.74, 6) is 1.52. The van der Waals surface area contributed by atoms with Crippen molar-refractivity contribution in [3.8, 4) is 11.4 Å². The molecule has 2 N–H and O–H groups in total. The maximum atomic E-state index is 12.2. The monoisotopic (exact) mass is 341 g/mol. The van der Waals surface area contributed by atoms with Crippen LogP contribution in [-0.2, 0) is 9.53 Å². The number of benzene rings is 1. The van der Waals surface area contributed by atoms with Crippen LogP contribution in [0.4, 0.5) is 5.82 Å². The zero-order valence-electron chi connectivity index (χ0n) is 14.3. The first kappa shape index (κ1) is 17.3. The Morgan fingerprint density at radius 1 is 1.20 bits per heavy atom. The van der Waals surface area contributed by atoms with Crippen LogP contribution in [0.15, 0.2) is 42.6 Å². The van der Waals surface area contributed by atoms with Crippen molar-refractivity contribution in [1.82, 2.24) is 14.9 Å². The Labute approximate surface area is 147 Å². The third-order valence-corrected chi connectivity index (χ3v) is 4.25. The SMILES string of the molecule is COCC(N)C(=O)N1CCN(c2ccnc(-c3ccccc3)n2)CC1. The number of rotatable bonds is 5. The Balaban J connectivity index is 1.64. The zero-order chi connectivity index (χ0) is 17.6. The normalized spacial score (nSPS) is 15.9. The van der Waals surface area contributed by atoms with Gasteiger partial charge in [0.15, 0.2) is 5.82 Å². The molecule has 1 fully saturated rings. The summed E-state index contributed by atoms with van der Waals surface area (Å²) in [6.45, 7) is 2.93. The molecule has 2 aromatic rings. The minimum Gasteiger partial charge on any atom is -0.383 e. The van der Waals surface area contributed by atoms with E-state index in [9.17, 15) is 4.79 Å². The van der Waals surface area contributed by atoms with Gasteiger partial charge in [0, 0.05) is 45.0 Å². The summed E-state index contributed by atoms with van der Waals surface area (Å²) in [5, 5.41) is 0. The zero-order valence-corrected chi connectivity index (χ0v) is 14.3. The van der Waals surface area contributed by atoms with Gasteiger partial charge >= 0.3 is 0 Å². The molecule has 1 aromatic carbocycles. The number of anilines is 1. The summed E-state index contributed by atoms with van der Waals surface area (Å²) in [5.41, 5.74) is 6.83. The largest absolute Gasteiger partial charge is 0.383 e.